The molecule has 3 aromatic carbocycles. The number of fused-ring (bicyclic) bond motifs is 3. The molecule has 0 saturated heterocycles. The third kappa shape index (κ3) is 2.37. The number of aryl methyl sites for hydroxylation is 1. The number of benzene rings is 3. The summed E-state index contributed by atoms with van der Waals surface area (Å²) < 4.78 is 11.3. The van der Waals surface area contributed by atoms with Crippen LogP contribution in [0.25, 0.3) is 10.8 Å². The number of carbonyl (C=O) groups excluding carboxylic acids is 1. The molecule has 152 valence electrons. The van der Waals surface area contributed by atoms with E-state index in [0.717, 1.165) is 35.2 Å². The summed E-state index contributed by atoms with van der Waals surface area (Å²) in [7, 11) is 7.46. The maximum absolute atomic E-state index is 12.8. The van der Waals surface area contributed by atoms with Gasteiger partial charge in [0.25, 0.3) is 0 Å². The summed E-state index contributed by atoms with van der Waals surface area (Å²) in [4.78, 5) is 15.0. The molecule has 2 aliphatic rings. The number of hydrogen-bond acceptors (Lipinski definition) is 4. The lowest BCUT2D eigenvalue weighted by atomic mass is 9.62. The van der Waals surface area contributed by atoms with Crippen molar-refractivity contribution < 1.29 is 14.3 Å². The van der Waals surface area contributed by atoms with Crippen LogP contribution in [0.4, 0.5) is 5.69 Å². The van der Waals surface area contributed by atoms with E-state index in [1.807, 2.05) is 12.1 Å². The monoisotopic (exact) mass is 399 g/mol. The maximum Gasteiger partial charge on any atom is 0.189 e. The Hall–Kier alpha value is -3.27. The standard InChI is InChI=1S/C26H25NO3/c1-27(2)19-10-8-16-12-14-26(18-9-11-22(30-4)25(19)23(16)18)15-13-20(28)24-17(26)6-5-7-21(24)29-3/h5-11,13,15H,12,14H2,1-4H3. The summed E-state index contributed by atoms with van der Waals surface area (Å²) in [6.45, 7) is 0. The van der Waals surface area contributed by atoms with Gasteiger partial charge in [0.1, 0.15) is 11.5 Å². The normalized spacial score (nSPS) is 19.1. The van der Waals surface area contributed by atoms with Gasteiger partial charge in [-0.3, -0.25) is 4.79 Å². The van der Waals surface area contributed by atoms with Gasteiger partial charge in [0.05, 0.1) is 19.8 Å². The van der Waals surface area contributed by atoms with Crippen LogP contribution in [0, 0.1) is 0 Å². The summed E-state index contributed by atoms with van der Waals surface area (Å²) in [5, 5.41) is 2.37. The van der Waals surface area contributed by atoms with Crippen molar-refractivity contribution in [3.05, 3.63) is 76.9 Å². The van der Waals surface area contributed by atoms with Crippen molar-refractivity contribution in [2.24, 2.45) is 0 Å². The minimum Gasteiger partial charge on any atom is -0.496 e. The van der Waals surface area contributed by atoms with Crippen molar-refractivity contribution >= 4 is 22.2 Å². The second-order valence-corrected chi connectivity index (χ2v) is 8.26. The van der Waals surface area contributed by atoms with E-state index in [1.165, 1.54) is 16.5 Å². The Morgan fingerprint density at radius 1 is 0.900 bits per heavy atom. The van der Waals surface area contributed by atoms with E-state index in [4.69, 9.17) is 9.47 Å². The zero-order chi connectivity index (χ0) is 21.0. The van der Waals surface area contributed by atoms with E-state index >= 15 is 0 Å². The van der Waals surface area contributed by atoms with E-state index in [0.29, 0.717) is 11.3 Å². The molecule has 1 atom stereocenters. The van der Waals surface area contributed by atoms with Crippen LogP contribution in [0.1, 0.15) is 33.5 Å². The molecule has 1 spiro atoms. The molecule has 4 nitrogen and oxygen atoms in total. The minimum atomic E-state index is -0.361. The predicted octanol–water partition coefficient (Wildman–Crippen LogP) is 4.91. The fourth-order valence-electron chi connectivity index (χ4n) is 5.28. The highest BCUT2D eigenvalue weighted by atomic mass is 16.5. The molecule has 0 saturated carbocycles. The summed E-state index contributed by atoms with van der Waals surface area (Å²) in [6, 6.07) is 14.6. The number of methoxy groups -OCH3 is 2. The molecular weight excluding hydrogens is 374 g/mol. The van der Waals surface area contributed by atoms with Crippen molar-refractivity contribution in [2.45, 2.75) is 18.3 Å². The van der Waals surface area contributed by atoms with E-state index in [-0.39, 0.29) is 11.2 Å². The Morgan fingerprint density at radius 2 is 1.70 bits per heavy atom. The summed E-state index contributed by atoms with van der Waals surface area (Å²) in [6.07, 6.45) is 5.66. The first-order valence-corrected chi connectivity index (χ1v) is 10.2. The van der Waals surface area contributed by atoms with Gasteiger partial charge in [0.2, 0.25) is 0 Å². The molecule has 0 aliphatic heterocycles. The van der Waals surface area contributed by atoms with E-state index < -0.39 is 0 Å². The van der Waals surface area contributed by atoms with Gasteiger partial charge in [0.15, 0.2) is 5.78 Å². The van der Waals surface area contributed by atoms with Gasteiger partial charge in [-0.1, -0.05) is 30.3 Å². The summed E-state index contributed by atoms with van der Waals surface area (Å²) in [5.74, 6) is 1.52. The lowest BCUT2D eigenvalue weighted by Crippen LogP contribution is -2.34. The zero-order valence-corrected chi connectivity index (χ0v) is 17.8. The molecule has 0 bridgehead atoms. The van der Waals surface area contributed by atoms with Crippen molar-refractivity contribution in [1.82, 2.24) is 0 Å². The van der Waals surface area contributed by atoms with Crippen LogP contribution >= 0.6 is 0 Å². The molecule has 0 radical (unpaired) electrons. The Bertz CT molecular complexity index is 1220. The van der Waals surface area contributed by atoms with Crippen LogP contribution in [-0.2, 0) is 11.8 Å². The van der Waals surface area contributed by atoms with Gasteiger partial charge in [-0.2, -0.15) is 0 Å². The predicted molar refractivity (Wildman–Crippen MR) is 120 cm³/mol. The number of nitrogens with zero attached hydrogens (tertiary/aromatic N) is 1. The lowest BCUT2D eigenvalue weighted by molar-refractivity contribution is 0.103. The first kappa shape index (κ1) is 18.7. The highest BCUT2D eigenvalue weighted by Gasteiger charge is 2.42. The van der Waals surface area contributed by atoms with Crippen LogP contribution in [0.5, 0.6) is 11.5 Å². The second-order valence-electron chi connectivity index (χ2n) is 8.26. The zero-order valence-electron chi connectivity index (χ0n) is 17.8. The highest BCUT2D eigenvalue weighted by Crippen LogP contribution is 2.52. The van der Waals surface area contributed by atoms with Crippen LogP contribution in [-0.4, -0.2) is 34.1 Å². The van der Waals surface area contributed by atoms with Crippen molar-refractivity contribution in [3.63, 3.8) is 0 Å². The van der Waals surface area contributed by atoms with Gasteiger partial charge in [0, 0.05) is 30.6 Å². The van der Waals surface area contributed by atoms with E-state index in [9.17, 15) is 4.79 Å². The molecule has 0 fully saturated rings. The molecule has 1 unspecified atom stereocenters. The Morgan fingerprint density at radius 3 is 2.43 bits per heavy atom. The summed E-state index contributed by atoms with van der Waals surface area (Å²) >= 11 is 0. The molecule has 0 amide bonds. The number of rotatable bonds is 3. The molecular formula is C26H25NO3. The fraction of sp³-hybridized carbons (Fsp3) is 0.269. The Kier molecular flexibility index (Phi) is 4.14. The quantitative estimate of drug-likeness (QED) is 0.627. The molecule has 2 aliphatic carbocycles. The fourth-order valence-corrected chi connectivity index (χ4v) is 5.28. The molecule has 3 aromatic rings. The molecule has 0 heterocycles. The average molecular weight is 399 g/mol. The van der Waals surface area contributed by atoms with Gasteiger partial charge >= 0.3 is 0 Å². The third-order valence-electron chi connectivity index (χ3n) is 6.65. The van der Waals surface area contributed by atoms with Crippen molar-refractivity contribution in [2.75, 3.05) is 33.2 Å². The average Bonchev–Trinajstić information content (AvgIpc) is 2.77. The first-order valence-electron chi connectivity index (χ1n) is 10.2. The topological polar surface area (TPSA) is 38.8 Å². The first-order chi connectivity index (χ1) is 14.5. The van der Waals surface area contributed by atoms with Gasteiger partial charge in [-0.15, -0.1) is 0 Å². The maximum atomic E-state index is 12.8. The molecule has 5 rings (SSSR count). The van der Waals surface area contributed by atoms with Crippen LogP contribution < -0.4 is 14.4 Å². The highest BCUT2D eigenvalue weighted by molar-refractivity contribution is 6.11. The van der Waals surface area contributed by atoms with Crippen LogP contribution in [0.2, 0.25) is 0 Å². The number of ether oxygens (including phenoxy) is 2. The smallest absolute Gasteiger partial charge is 0.189 e. The Balaban J connectivity index is 1.90. The van der Waals surface area contributed by atoms with Crippen molar-refractivity contribution in [1.29, 1.82) is 0 Å². The van der Waals surface area contributed by atoms with Gasteiger partial charge in [-0.25, -0.2) is 0 Å². The van der Waals surface area contributed by atoms with Gasteiger partial charge < -0.3 is 14.4 Å². The lowest BCUT2D eigenvalue weighted by Gasteiger charge is -2.40. The molecule has 0 aromatic heterocycles. The SMILES string of the molecule is COc1cccc2c1C(=O)C=CC21CCc2ccc(N(C)C)c3c(OC)ccc1c23. The molecule has 4 heteroatoms. The van der Waals surface area contributed by atoms with Gasteiger partial charge in [-0.05, 0) is 59.2 Å². The number of hydrogen-bond donors (Lipinski definition) is 0. The largest absolute Gasteiger partial charge is 0.496 e. The molecule has 0 N–H and O–H groups in total. The Labute approximate surface area is 176 Å². The second kappa shape index (κ2) is 6.63. The number of allylic oxidation sites excluding steroid dienone is 2. The number of carbonyl (C=O) groups is 1. The number of anilines is 1. The molecule has 30 heavy (non-hydrogen) atoms. The summed E-state index contributed by atoms with van der Waals surface area (Å²) in [5.41, 5.74) is 5.03. The van der Waals surface area contributed by atoms with E-state index in [2.05, 4.69) is 55.4 Å². The number of ketones is 1. The van der Waals surface area contributed by atoms with E-state index in [1.54, 1.807) is 20.3 Å². The third-order valence-corrected chi connectivity index (χ3v) is 6.65. The van der Waals surface area contributed by atoms with Crippen LogP contribution in [0.3, 0.4) is 0 Å². The van der Waals surface area contributed by atoms with Crippen LogP contribution in [0.15, 0.2) is 54.6 Å². The van der Waals surface area contributed by atoms with Crippen molar-refractivity contribution in [3.8, 4) is 11.5 Å². The minimum absolute atomic E-state index is 0.00525.